The molecule has 1 fully saturated rings. The van der Waals surface area contributed by atoms with Crippen LogP contribution in [0.3, 0.4) is 0 Å². The molecule has 2 aromatic heterocycles. The van der Waals surface area contributed by atoms with E-state index in [1.165, 1.54) is 0 Å². The fourth-order valence-electron chi connectivity index (χ4n) is 3.04. The molecule has 3 aromatic rings. The third kappa shape index (κ3) is 4.09. The second kappa shape index (κ2) is 7.75. The molecule has 3 heterocycles. The van der Waals surface area contributed by atoms with Crippen molar-refractivity contribution >= 4 is 35.0 Å². The maximum Gasteiger partial charge on any atom is 0.227 e. The molecule has 1 aliphatic rings. The van der Waals surface area contributed by atoms with Gasteiger partial charge < -0.3 is 15.1 Å². The lowest BCUT2D eigenvalue weighted by Crippen LogP contribution is -2.47. The zero-order chi connectivity index (χ0) is 18.6. The van der Waals surface area contributed by atoms with Gasteiger partial charge >= 0.3 is 0 Å². The van der Waals surface area contributed by atoms with Crippen molar-refractivity contribution in [2.75, 3.05) is 41.3 Å². The predicted octanol–water partition coefficient (Wildman–Crippen LogP) is 3.30. The molecule has 138 valence electrons. The zero-order valence-corrected chi connectivity index (χ0v) is 15.8. The van der Waals surface area contributed by atoms with Gasteiger partial charge in [0.1, 0.15) is 5.82 Å². The lowest BCUT2D eigenvalue weighted by Gasteiger charge is -2.34. The van der Waals surface area contributed by atoms with E-state index >= 15 is 0 Å². The van der Waals surface area contributed by atoms with Gasteiger partial charge in [-0.1, -0.05) is 11.6 Å². The van der Waals surface area contributed by atoms with Gasteiger partial charge in [0, 0.05) is 55.5 Å². The summed E-state index contributed by atoms with van der Waals surface area (Å²) in [5.41, 5.74) is 2.05. The summed E-state index contributed by atoms with van der Waals surface area (Å²) in [6.45, 7) is 5.33. The first kappa shape index (κ1) is 17.5. The minimum absolute atomic E-state index is 0.722. The average Bonchev–Trinajstić information content (AvgIpc) is 2.71. The number of hydrogen-bond acceptors (Lipinski definition) is 7. The lowest BCUT2D eigenvalue weighted by molar-refractivity contribution is 0.628. The summed E-state index contributed by atoms with van der Waals surface area (Å²) in [7, 11) is 0. The van der Waals surface area contributed by atoms with Crippen molar-refractivity contribution in [1.29, 1.82) is 0 Å². The van der Waals surface area contributed by atoms with Crippen molar-refractivity contribution in [1.82, 2.24) is 19.9 Å². The van der Waals surface area contributed by atoms with Gasteiger partial charge in [-0.3, -0.25) is 0 Å². The largest absolute Gasteiger partial charge is 0.340 e. The van der Waals surface area contributed by atoms with Crippen LogP contribution >= 0.6 is 11.6 Å². The maximum atomic E-state index is 6.03. The highest BCUT2D eigenvalue weighted by atomic mass is 35.5. The van der Waals surface area contributed by atoms with E-state index in [2.05, 4.69) is 35.1 Å². The highest BCUT2D eigenvalue weighted by Gasteiger charge is 2.20. The third-order valence-corrected chi connectivity index (χ3v) is 4.73. The van der Waals surface area contributed by atoms with Gasteiger partial charge in [-0.2, -0.15) is 4.98 Å². The summed E-state index contributed by atoms with van der Waals surface area (Å²) < 4.78 is 0. The molecule has 0 radical (unpaired) electrons. The summed E-state index contributed by atoms with van der Waals surface area (Å²) in [5, 5.41) is 4.07. The number of hydrogen-bond donors (Lipinski definition) is 1. The van der Waals surface area contributed by atoms with Crippen molar-refractivity contribution in [2.45, 2.75) is 6.92 Å². The minimum Gasteiger partial charge on any atom is -0.340 e. The van der Waals surface area contributed by atoms with Crippen LogP contribution in [0.5, 0.6) is 0 Å². The standard InChI is InChI=1S/C19H20ClN7/c1-14-13-15(20)3-4-16(14)24-17-5-8-23-19(25-17)27-11-9-26(10-12-27)18-21-6-2-7-22-18/h2-8,13H,9-12H2,1H3,(H,23,24,25). The number of aryl methyl sites for hydroxylation is 1. The van der Waals surface area contributed by atoms with E-state index in [1.807, 2.05) is 37.3 Å². The molecule has 0 spiro atoms. The van der Waals surface area contributed by atoms with Crippen LogP contribution in [0.1, 0.15) is 5.56 Å². The fraction of sp³-hybridized carbons (Fsp3) is 0.263. The molecule has 27 heavy (non-hydrogen) atoms. The summed E-state index contributed by atoms with van der Waals surface area (Å²) >= 11 is 6.03. The van der Waals surface area contributed by atoms with Gasteiger partial charge in [-0.15, -0.1) is 0 Å². The van der Waals surface area contributed by atoms with Crippen molar-refractivity contribution in [3.8, 4) is 0 Å². The molecular formula is C19H20ClN7. The Balaban J connectivity index is 1.44. The van der Waals surface area contributed by atoms with Crippen LogP contribution in [-0.4, -0.2) is 46.1 Å². The van der Waals surface area contributed by atoms with E-state index in [4.69, 9.17) is 11.6 Å². The quantitative estimate of drug-likeness (QED) is 0.743. The number of nitrogens with zero attached hydrogens (tertiary/aromatic N) is 6. The van der Waals surface area contributed by atoms with Crippen LogP contribution in [-0.2, 0) is 0 Å². The third-order valence-electron chi connectivity index (χ3n) is 4.49. The summed E-state index contributed by atoms with van der Waals surface area (Å²) in [6, 6.07) is 9.44. The Hall–Kier alpha value is -2.93. The summed E-state index contributed by atoms with van der Waals surface area (Å²) in [5.74, 6) is 2.26. The van der Waals surface area contributed by atoms with E-state index in [9.17, 15) is 0 Å². The van der Waals surface area contributed by atoms with E-state index in [0.29, 0.717) is 0 Å². The van der Waals surface area contributed by atoms with Gasteiger partial charge in [0.15, 0.2) is 0 Å². The normalized spacial score (nSPS) is 14.3. The monoisotopic (exact) mass is 381 g/mol. The van der Waals surface area contributed by atoms with Crippen LogP contribution in [0.2, 0.25) is 5.02 Å². The first-order chi connectivity index (χ1) is 13.2. The van der Waals surface area contributed by atoms with Gasteiger partial charge in [0.05, 0.1) is 0 Å². The Kier molecular flexibility index (Phi) is 5.02. The molecule has 0 bridgehead atoms. The van der Waals surface area contributed by atoms with Crippen molar-refractivity contribution in [2.24, 2.45) is 0 Å². The number of benzene rings is 1. The fourth-order valence-corrected chi connectivity index (χ4v) is 3.26. The van der Waals surface area contributed by atoms with Crippen LogP contribution < -0.4 is 15.1 Å². The molecule has 0 saturated carbocycles. The van der Waals surface area contributed by atoms with E-state index in [-0.39, 0.29) is 0 Å². The van der Waals surface area contributed by atoms with Crippen LogP contribution in [0.25, 0.3) is 0 Å². The zero-order valence-electron chi connectivity index (χ0n) is 15.0. The maximum absolute atomic E-state index is 6.03. The number of anilines is 4. The number of piperazine rings is 1. The second-order valence-corrected chi connectivity index (χ2v) is 6.79. The molecule has 1 saturated heterocycles. The Morgan fingerprint density at radius 2 is 1.56 bits per heavy atom. The molecule has 0 amide bonds. The average molecular weight is 382 g/mol. The molecule has 0 aliphatic carbocycles. The van der Waals surface area contributed by atoms with Crippen LogP contribution in [0.15, 0.2) is 48.9 Å². The minimum atomic E-state index is 0.722. The molecule has 0 atom stereocenters. The molecule has 1 aliphatic heterocycles. The van der Waals surface area contributed by atoms with Crippen molar-refractivity contribution in [3.63, 3.8) is 0 Å². The number of aromatic nitrogens is 4. The number of nitrogens with one attached hydrogen (secondary N) is 1. The lowest BCUT2D eigenvalue weighted by atomic mass is 10.2. The van der Waals surface area contributed by atoms with Gasteiger partial charge in [0.25, 0.3) is 0 Å². The first-order valence-corrected chi connectivity index (χ1v) is 9.20. The molecule has 7 nitrogen and oxygen atoms in total. The number of halogens is 1. The van der Waals surface area contributed by atoms with Gasteiger partial charge in [0.2, 0.25) is 11.9 Å². The van der Waals surface area contributed by atoms with Crippen LogP contribution in [0.4, 0.5) is 23.4 Å². The van der Waals surface area contributed by atoms with E-state index in [0.717, 1.165) is 60.2 Å². The molecular weight excluding hydrogens is 362 g/mol. The van der Waals surface area contributed by atoms with Gasteiger partial charge in [-0.05, 0) is 42.8 Å². The Morgan fingerprint density at radius 1 is 0.889 bits per heavy atom. The SMILES string of the molecule is Cc1cc(Cl)ccc1Nc1ccnc(N2CCN(c3ncccn3)CC2)n1. The summed E-state index contributed by atoms with van der Waals surface area (Å²) in [4.78, 5) is 22.1. The number of rotatable bonds is 4. The Morgan fingerprint density at radius 3 is 2.26 bits per heavy atom. The van der Waals surface area contributed by atoms with Crippen molar-refractivity contribution in [3.05, 3.63) is 59.5 Å². The Bertz CT molecular complexity index is 911. The predicted molar refractivity (Wildman–Crippen MR) is 108 cm³/mol. The van der Waals surface area contributed by atoms with E-state index < -0.39 is 0 Å². The molecule has 1 N–H and O–H groups in total. The second-order valence-electron chi connectivity index (χ2n) is 6.35. The Labute approximate surface area is 163 Å². The molecule has 4 rings (SSSR count). The molecule has 1 aromatic carbocycles. The highest BCUT2D eigenvalue weighted by molar-refractivity contribution is 6.30. The topological polar surface area (TPSA) is 70.1 Å². The summed E-state index contributed by atoms with van der Waals surface area (Å²) in [6.07, 6.45) is 5.32. The van der Waals surface area contributed by atoms with Crippen LogP contribution in [0, 0.1) is 6.92 Å². The smallest absolute Gasteiger partial charge is 0.227 e. The molecule has 0 unspecified atom stereocenters. The molecule has 8 heteroatoms. The first-order valence-electron chi connectivity index (χ1n) is 8.82. The van der Waals surface area contributed by atoms with E-state index in [1.54, 1.807) is 18.6 Å². The van der Waals surface area contributed by atoms with Crippen molar-refractivity contribution < 1.29 is 0 Å². The van der Waals surface area contributed by atoms with Gasteiger partial charge in [-0.25, -0.2) is 15.0 Å². The highest BCUT2D eigenvalue weighted by Crippen LogP contribution is 2.23.